The van der Waals surface area contributed by atoms with Crippen LogP contribution in [0.3, 0.4) is 0 Å². The lowest BCUT2D eigenvalue weighted by molar-refractivity contribution is -0.146. The molecule has 0 unspecified atom stereocenters. The predicted octanol–water partition coefficient (Wildman–Crippen LogP) is 6.42. The second kappa shape index (κ2) is 28.5. The zero-order valence-electron chi connectivity index (χ0n) is 46.8. The first-order chi connectivity index (χ1) is 38.8. The van der Waals surface area contributed by atoms with Gasteiger partial charge in [0, 0.05) is 74.7 Å². The summed E-state index contributed by atoms with van der Waals surface area (Å²) in [6, 6.07) is 10.8. The number of nitrogens with zero attached hydrogens (tertiary/aromatic N) is 5. The van der Waals surface area contributed by atoms with Crippen LogP contribution >= 0.6 is 0 Å². The van der Waals surface area contributed by atoms with Gasteiger partial charge in [0.1, 0.15) is 54.2 Å². The summed E-state index contributed by atoms with van der Waals surface area (Å²) in [5.41, 5.74) is 5.39. The molecule has 24 heteroatoms. The van der Waals surface area contributed by atoms with Crippen LogP contribution < -0.4 is 27.0 Å². The number of imidazole rings is 1. The number of urea groups is 1. The van der Waals surface area contributed by atoms with Gasteiger partial charge in [0.25, 0.3) is 17.7 Å². The largest absolute Gasteiger partial charge is 0.445 e. The van der Waals surface area contributed by atoms with E-state index in [1.165, 1.54) is 60.5 Å². The van der Waals surface area contributed by atoms with E-state index < -0.39 is 101 Å². The van der Waals surface area contributed by atoms with E-state index in [1.807, 2.05) is 0 Å². The number of unbranched alkanes of at least 4 members (excludes halogenated alkanes) is 2. The number of rotatable bonds is 26. The number of carbonyl (C=O) groups excluding carboxylic acids is 8. The number of halogens is 4. The fourth-order valence-corrected chi connectivity index (χ4v) is 9.76. The number of likely N-dealkylation sites (tertiary alicyclic amines) is 1. The highest BCUT2D eigenvalue weighted by atomic mass is 19.1. The monoisotopic (exact) mass is 1140 g/mol. The van der Waals surface area contributed by atoms with Crippen molar-refractivity contribution in [3.63, 3.8) is 0 Å². The maximum absolute atomic E-state index is 16.2. The number of hydrogen-bond donors (Lipinski definition) is 6. The van der Waals surface area contributed by atoms with E-state index in [0.29, 0.717) is 36.1 Å². The topological polar surface area (TPSA) is 268 Å². The van der Waals surface area contributed by atoms with Crippen molar-refractivity contribution in [1.82, 2.24) is 40.2 Å². The molecule has 0 saturated carbocycles. The Hall–Kier alpha value is -8.15. The molecule has 20 nitrogen and oxygen atoms in total. The van der Waals surface area contributed by atoms with Crippen molar-refractivity contribution in [2.45, 2.75) is 124 Å². The summed E-state index contributed by atoms with van der Waals surface area (Å²) in [5.74, 6) is -6.45. The third-order valence-electron chi connectivity index (χ3n) is 14.0. The van der Waals surface area contributed by atoms with Crippen LogP contribution in [0.25, 0.3) is 11.3 Å². The third kappa shape index (κ3) is 17.4. The van der Waals surface area contributed by atoms with Crippen molar-refractivity contribution < 1.29 is 65.8 Å². The van der Waals surface area contributed by atoms with Crippen molar-refractivity contribution in [2.24, 2.45) is 23.0 Å². The number of imide groups is 1. The summed E-state index contributed by atoms with van der Waals surface area (Å²) < 4.78 is 67.6. The number of ether oxygens (including phenoxy) is 1. The lowest BCUT2D eigenvalue weighted by atomic mass is 9.84. The van der Waals surface area contributed by atoms with Gasteiger partial charge in [-0.3, -0.25) is 33.7 Å². The maximum Gasteiger partial charge on any atom is 0.410 e. The predicted molar refractivity (Wildman–Crippen MR) is 294 cm³/mol. The van der Waals surface area contributed by atoms with Gasteiger partial charge in [-0.15, -0.1) is 0 Å². The summed E-state index contributed by atoms with van der Waals surface area (Å²) in [6.45, 7) is 9.21. The number of aliphatic hydroxyl groups is 1. The summed E-state index contributed by atoms with van der Waals surface area (Å²) in [6.07, 6.45) is 1.61. The Labute approximate surface area is 473 Å². The smallest absolute Gasteiger partial charge is 0.410 e. The average Bonchev–Trinajstić information content (AvgIpc) is 4.26. The minimum absolute atomic E-state index is 0.00674. The number of aliphatic hydroxyl groups excluding tert-OH is 1. The van der Waals surface area contributed by atoms with Crippen LogP contribution in [-0.4, -0.2) is 134 Å². The molecule has 0 radical (unpaired) electrons. The number of carbonyl (C=O) groups is 8. The van der Waals surface area contributed by atoms with Gasteiger partial charge in [-0.1, -0.05) is 65.3 Å². The van der Waals surface area contributed by atoms with Crippen LogP contribution in [0.4, 0.5) is 32.8 Å². The van der Waals surface area contributed by atoms with E-state index >= 15 is 8.78 Å². The highest BCUT2D eigenvalue weighted by molar-refractivity contribution is 6.12. The normalized spacial score (nSPS) is 16.6. The fraction of sp³-hybridized carbons (Fsp3) is 0.466. The molecule has 1 aromatic heterocycles. The van der Waals surface area contributed by atoms with Gasteiger partial charge >= 0.3 is 12.1 Å². The van der Waals surface area contributed by atoms with Gasteiger partial charge in [0.15, 0.2) is 0 Å². The molecule has 0 bridgehead atoms. The summed E-state index contributed by atoms with van der Waals surface area (Å²) in [4.78, 5) is 111. The first-order valence-corrected chi connectivity index (χ1v) is 27.2. The average molecular weight is 1150 g/mol. The molecule has 2 aliphatic rings. The number of anilines is 1. The highest BCUT2D eigenvalue weighted by Crippen LogP contribution is 2.41. The molecule has 6 atom stereocenters. The molecule has 442 valence electrons. The zero-order chi connectivity index (χ0) is 60.0. The second-order valence-corrected chi connectivity index (χ2v) is 22.0. The number of nitrogens with one attached hydrogen (secondary N) is 4. The van der Waals surface area contributed by atoms with Crippen LogP contribution in [-0.2, 0) is 46.7 Å². The van der Waals surface area contributed by atoms with Crippen LogP contribution in [0.5, 0.6) is 0 Å². The van der Waals surface area contributed by atoms with Gasteiger partial charge in [0.2, 0.25) is 17.7 Å². The van der Waals surface area contributed by atoms with Crippen molar-refractivity contribution in [1.29, 1.82) is 0 Å². The van der Waals surface area contributed by atoms with Gasteiger partial charge in [-0.2, -0.15) is 0 Å². The molecule has 4 aromatic rings. The first kappa shape index (κ1) is 63.0. The Morgan fingerprint density at radius 3 is 2.20 bits per heavy atom. The van der Waals surface area contributed by atoms with Crippen LogP contribution in [0.15, 0.2) is 85.1 Å². The van der Waals surface area contributed by atoms with E-state index in [-0.39, 0.29) is 93.4 Å². The molecule has 0 aliphatic carbocycles. The standard InChI is InChI=1S/C58H72F4N10O10/c1-34(2)50(68-47(74)15-8-7-9-25-71-48(75)22-23-49(71)76)54(78)67-45(14-11-24-64-56(63)80)53(77)65-41-19-16-36(17-20-41)33-82-57(81)70-29-38(44(62)31-70)30-72(55(79)35(3)73)51(58(4,5)6)52-66-46(42-27-40(60)18-21-43(42)61)32-69(52)28-37-12-10-13-39(59)26-37/h10,12-13,16-23,26-27,32,34-35,38,44-45,50-51,73H,7-9,11,14-15,24-25,28-31,33H2,1-6H3,(H,65,77)(H,67,78)(H,68,74)(H3,63,64,80)/t35-,38+,44+,45+,50+,51+/m1/s1. The number of nitrogens with two attached hydrogens (primary N) is 1. The molecule has 3 aromatic carbocycles. The van der Waals surface area contributed by atoms with Gasteiger partial charge in [0.05, 0.1) is 18.3 Å². The highest BCUT2D eigenvalue weighted by Gasteiger charge is 2.44. The molecule has 7 N–H and O–H groups in total. The Balaban J connectivity index is 1.08. The lowest BCUT2D eigenvalue weighted by Crippen LogP contribution is -2.54. The van der Waals surface area contributed by atoms with Gasteiger partial charge in [-0.25, -0.2) is 32.1 Å². The minimum atomic E-state index is -1.67. The number of benzene rings is 3. The Kier molecular flexibility index (Phi) is 21.9. The molecule has 6 rings (SSSR count). The van der Waals surface area contributed by atoms with Crippen molar-refractivity contribution >= 4 is 53.3 Å². The fourth-order valence-electron chi connectivity index (χ4n) is 9.76. The van der Waals surface area contributed by atoms with Crippen LogP contribution in [0.2, 0.25) is 0 Å². The minimum Gasteiger partial charge on any atom is -0.445 e. The van der Waals surface area contributed by atoms with E-state index in [1.54, 1.807) is 57.4 Å². The molecule has 3 heterocycles. The molecule has 1 saturated heterocycles. The van der Waals surface area contributed by atoms with E-state index in [0.717, 1.165) is 28.0 Å². The van der Waals surface area contributed by atoms with Crippen molar-refractivity contribution in [2.75, 3.05) is 38.0 Å². The maximum atomic E-state index is 16.2. The second-order valence-electron chi connectivity index (χ2n) is 22.0. The molecular formula is C58H72F4N10O10. The number of amides is 9. The van der Waals surface area contributed by atoms with E-state index in [9.17, 15) is 52.2 Å². The molecular weight excluding hydrogens is 1070 g/mol. The summed E-state index contributed by atoms with van der Waals surface area (Å²) in [7, 11) is 0. The van der Waals surface area contributed by atoms with Crippen LogP contribution in [0.1, 0.15) is 103 Å². The quantitative estimate of drug-likeness (QED) is 0.0227. The number of aromatic nitrogens is 2. The van der Waals surface area contributed by atoms with Crippen molar-refractivity contribution in [3.8, 4) is 11.3 Å². The van der Waals surface area contributed by atoms with Gasteiger partial charge in [-0.05, 0) is 97.5 Å². The number of primary amides is 1. The zero-order valence-corrected chi connectivity index (χ0v) is 46.8. The van der Waals surface area contributed by atoms with Gasteiger partial charge < -0.3 is 51.2 Å². The number of alkyl halides is 1. The third-order valence-corrected chi connectivity index (χ3v) is 14.0. The SMILES string of the molecule is CC(C)[C@H](NC(=O)CCCCCN1C(=O)C=CC1=O)C(=O)N[C@@H](CCCNC(N)=O)C(=O)Nc1ccc(COC(=O)N2C[C@@H](CN(C(=O)[C@@H](C)O)[C@@H](c3nc(-c4cc(F)ccc4F)cn3Cc3cccc(F)c3)C(C)(C)C)[C@@H](F)C2)cc1. The number of hydrogen-bond acceptors (Lipinski definition) is 11. The molecule has 1 fully saturated rings. The molecule has 9 amide bonds. The first-order valence-electron chi connectivity index (χ1n) is 27.2. The summed E-state index contributed by atoms with van der Waals surface area (Å²) >= 11 is 0. The van der Waals surface area contributed by atoms with E-state index in [2.05, 4.69) is 21.3 Å². The molecule has 2 aliphatic heterocycles. The molecule has 0 spiro atoms. The van der Waals surface area contributed by atoms with Crippen LogP contribution in [0, 0.1) is 34.7 Å². The molecule has 82 heavy (non-hydrogen) atoms. The Morgan fingerprint density at radius 1 is 0.854 bits per heavy atom. The van der Waals surface area contributed by atoms with E-state index in [4.69, 9.17) is 15.5 Å². The Bertz CT molecular complexity index is 2970. The lowest BCUT2D eigenvalue weighted by Gasteiger charge is -2.41. The van der Waals surface area contributed by atoms with Crippen molar-refractivity contribution in [3.05, 3.63) is 119 Å². The summed E-state index contributed by atoms with van der Waals surface area (Å²) in [5, 5.41) is 21.4. The Morgan fingerprint density at radius 2 is 1.55 bits per heavy atom.